The van der Waals surface area contributed by atoms with E-state index in [0.717, 1.165) is 25.0 Å². The molecule has 3 rings (SSSR count). The molecular weight excluding hydrogens is 294 g/mol. The third kappa shape index (κ3) is 3.40. The van der Waals surface area contributed by atoms with Crippen LogP contribution in [0.1, 0.15) is 23.5 Å². The summed E-state index contributed by atoms with van der Waals surface area (Å²) in [5.74, 6) is -0.0925. The van der Waals surface area contributed by atoms with Gasteiger partial charge in [-0.15, -0.1) is 0 Å². The van der Waals surface area contributed by atoms with E-state index in [1.807, 2.05) is 0 Å². The van der Waals surface area contributed by atoms with Gasteiger partial charge in [-0.3, -0.25) is 4.79 Å². The summed E-state index contributed by atoms with van der Waals surface area (Å²) in [4.78, 5) is 16.0. The van der Waals surface area contributed by atoms with Gasteiger partial charge in [0.05, 0.1) is 6.10 Å². The highest BCUT2D eigenvalue weighted by Crippen LogP contribution is 2.18. The van der Waals surface area contributed by atoms with Crippen LogP contribution < -0.4 is 5.32 Å². The molecule has 1 atom stereocenters. The molecule has 1 N–H and O–H groups in total. The highest BCUT2D eigenvalue weighted by Gasteiger charge is 2.20. The van der Waals surface area contributed by atoms with E-state index >= 15 is 0 Å². The molecule has 6 nitrogen and oxygen atoms in total. The zero-order valence-electron chi connectivity index (χ0n) is 11.2. The van der Waals surface area contributed by atoms with Crippen LogP contribution in [0.3, 0.4) is 0 Å². The van der Waals surface area contributed by atoms with Gasteiger partial charge in [0.1, 0.15) is 0 Å². The van der Waals surface area contributed by atoms with E-state index in [2.05, 4.69) is 15.5 Å². The zero-order valence-corrected chi connectivity index (χ0v) is 12.0. The summed E-state index contributed by atoms with van der Waals surface area (Å²) >= 11 is 5.82. The number of halogens is 1. The van der Waals surface area contributed by atoms with Crippen LogP contribution in [0.2, 0.25) is 5.02 Å². The number of rotatable bonds is 4. The second kappa shape index (κ2) is 6.24. The SMILES string of the molecule is O=C(NC[C@H]1CCCO1)c1nc(-c2ccc(Cl)cc2)no1. The van der Waals surface area contributed by atoms with Gasteiger partial charge >= 0.3 is 11.8 Å². The van der Waals surface area contributed by atoms with Crippen LogP contribution in [0.4, 0.5) is 0 Å². The normalized spacial score (nSPS) is 17.9. The topological polar surface area (TPSA) is 77.2 Å². The van der Waals surface area contributed by atoms with Crippen LogP contribution in [0.5, 0.6) is 0 Å². The van der Waals surface area contributed by atoms with E-state index in [1.54, 1.807) is 24.3 Å². The monoisotopic (exact) mass is 307 g/mol. The predicted molar refractivity (Wildman–Crippen MR) is 76.1 cm³/mol. The van der Waals surface area contributed by atoms with E-state index in [1.165, 1.54) is 0 Å². The summed E-state index contributed by atoms with van der Waals surface area (Å²) in [5, 5.41) is 7.15. The number of aromatic nitrogens is 2. The van der Waals surface area contributed by atoms with Gasteiger partial charge in [0.2, 0.25) is 5.82 Å². The fourth-order valence-corrected chi connectivity index (χ4v) is 2.25. The molecule has 1 amide bonds. The number of hydrogen-bond donors (Lipinski definition) is 1. The van der Waals surface area contributed by atoms with Gasteiger partial charge in [-0.1, -0.05) is 16.8 Å². The van der Waals surface area contributed by atoms with Crippen LogP contribution in [0.25, 0.3) is 11.4 Å². The third-order valence-electron chi connectivity index (χ3n) is 3.24. The molecule has 0 bridgehead atoms. The van der Waals surface area contributed by atoms with Gasteiger partial charge in [0.15, 0.2) is 0 Å². The van der Waals surface area contributed by atoms with E-state index < -0.39 is 5.91 Å². The number of ether oxygens (including phenoxy) is 1. The number of hydrogen-bond acceptors (Lipinski definition) is 5. The molecule has 1 aromatic carbocycles. The highest BCUT2D eigenvalue weighted by atomic mass is 35.5. The Morgan fingerprint density at radius 1 is 1.38 bits per heavy atom. The molecule has 0 unspecified atom stereocenters. The van der Waals surface area contributed by atoms with E-state index in [4.69, 9.17) is 20.9 Å². The molecule has 21 heavy (non-hydrogen) atoms. The van der Waals surface area contributed by atoms with E-state index in [9.17, 15) is 4.79 Å². The number of benzene rings is 1. The summed E-state index contributed by atoms with van der Waals surface area (Å²) < 4.78 is 10.4. The van der Waals surface area contributed by atoms with Crippen molar-refractivity contribution >= 4 is 17.5 Å². The van der Waals surface area contributed by atoms with Crippen molar-refractivity contribution in [2.75, 3.05) is 13.2 Å². The maximum Gasteiger partial charge on any atom is 0.316 e. The summed E-state index contributed by atoms with van der Waals surface area (Å²) in [6.45, 7) is 1.21. The highest BCUT2D eigenvalue weighted by molar-refractivity contribution is 6.30. The molecule has 2 heterocycles. The van der Waals surface area contributed by atoms with Crippen molar-refractivity contribution in [1.82, 2.24) is 15.5 Å². The smallest absolute Gasteiger partial charge is 0.316 e. The minimum Gasteiger partial charge on any atom is -0.376 e. The van der Waals surface area contributed by atoms with Crippen molar-refractivity contribution in [3.05, 3.63) is 35.2 Å². The molecule has 0 radical (unpaired) electrons. The van der Waals surface area contributed by atoms with Crippen LogP contribution >= 0.6 is 11.6 Å². The molecule has 0 aliphatic carbocycles. The second-order valence-electron chi connectivity index (χ2n) is 4.78. The Morgan fingerprint density at radius 3 is 2.90 bits per heavy atom. The summed E-state index contributed by atoms with van der Waals surface area (Å²) in [6, 6.07) is 6.98. The quantitative estimate of drug-likeness (QED) is 0.938. The molecule has 7 heteroatoms. The number of carbonyl (C=O) groups excluding carboxylic acids is 1. The minimum absolute atomic E-state index is 0.0575. The number of carbonyl (C=O) groups is 1. The molecular formula is C14H14ClN3O3. The average molecular weight is 308 g/mol. The Labute approximate surface area is 126 Å². The summed E-state index contributed by atoms with van der Waals surface area (Å²) in [6.07, 6.45) is 2.06. The van der Waals surface area contributed by atoms with Crippen molar-refractivity contribution in [2.45, 2.75) is 18.9 Å². The maximum absolute atomic E-state index is 11.9. The Balaban J connectivity index is 1.63. The van der Waals surface area contributed by atoms with Crippen molar-refractivity contribution in [2.24, 2.45) is 0 Å². The van der Waals surface area contributed by atoms with Gasteiger partial charge in [0.25, 0.3) is 0 Å². The molecule has 1 aliphatic rings. The van der Waals surface area contributed by atoms with E-state index in [-0.39, 0.29) is 12.0 Å². The van der Waals surface area contributed by atoms with Crippen LogP contribution in [-0.2, 0) is 4.74 Å². The van der Waals surface area contributed by atoms with Crippen molar-refractivity contribution in [3.8, 4) is 11.4 Å². The first-order chi connectivity index (χ1) is 10.2. The average Bonchev–Trinajstić information content (AvgIpc) is 3.17. The van der Waals surface area contributed by atoms with Gasteiger partial charge in [-0.25, -0.2) is 0 Å². The zero-order chi connectivity index (χ0) is 14.7. The molecule has 0 saturated carbocycles. The number of amides is 1. The Kier molecular flexibility index (Phi) is 4.17. The molecule has 1 saturated heterocycles. The predicted octanol–water partition coefficient (Wildman–Crippen LogP) is 2.30. The van der Waals surface area contributed by atoms with Crippen molar-refractivity contribution in [3.63, 3.8) is 0 Å². The molecule has 2 aromatic rings. The van der Waals surface area contributed by atoms with E-state index in [0.29, 0.717) is 17.4 Å². The molecule has 1 fully saturated rings. The van der Waals surface area contributed by atoms with Gasteiger partial charge in [-0.2, -0.15) is 4.98 Å². The first kappa shape index (κ1) is 14.0. The standard InChI is InChI=1S/C14H14ClN3O3/c15-10-5-3-9(4-6-10)12-17-14(21-18-12)13(19)16-8-11-2-1-7-20-11/h3-6,11H,1-2,7-8H2,(H,16,19)/t11-/m1/s1. The summed E-state index contributed by atoms with van der Waals surface area (Å²) in [5.41, 5.74) is 0.737. The Morgan fingerprint density at radius 2 is 2.19 bits per heavy atom. The lowest BCUT2D eigenvalue weighted by Gasteiger charge is -2.08. The lowest BCUT2D eigenvalue weighted by Crippen LogP contribution is -2.31. The van der Waals surface area contributed by atoms with Gasteiger partial charge < -0.3 is 14.6 Å². The lowest BCUT2D eigenvalue weighted by molar-refractivity contribution is 0.0822. The first-order valence-corrected chi connectivity index (χ1v) is 7.09. The molecule has 0 spiro atoms. The molecule has 110 valence electrons. The minimum atomic E-state index is -0.391. The molecule has 1 aliphatic heterocycles. The van der Waals surface area contributed by atoms with Crippen molar-refractivity contribution in [1.29, 1.82) is 0 Å². The Bertz CT molecular complexity index is 621. The largest absolute Gasteiger partial charge is 0.376 e. The maximum atomic E-state index is 11.9. The van der Waals surface area contributed by atoms with Crippen LogP contribution in [-0.4, -0.2) is 35.3 Å². The van der Waals surface area contributed by atoms with Crippen LogP contribution in [0.15, 0.2) is 28.8 Å². The molecule has 1 aromatic heterocycles. The number of nitrogens with zero attached hydrogens (tertiary/aromatic N) is 2. The third-order valence-corrected chi connectivity index (χ3v) is 3.49. The fraction of sp³-hybridized carbons (Fsp3) is 0.357. The van der Waals surface area contributed by atoms with Gasteiger partial charge in [-0.05, 0) is 37.1 Å². The summed E-state index contributed by atoms with van der Waals surface area (Å²) in [7, 11) is 0. The van der Waals surface area contributed by atoms with Crippen LogP contribution in [0, 0.1) is 0 Å². The van der Waals surface area contributed by atoms with Gasteiger partial charge in [0, 0.05) is 23.7 Å². The van der Waals surface area contributed by atoms with Crippen molar-refractivity contribution < 1.29 is 14.1 Å². The second-order valence-corrected chi connectivity index (χ2v) is 5.21. The first-order valence-electron chi connectivity index (χ1n) is 6.72. The lowest BCUT2D eigenvalue weighted by atomic mass is 10.2. The fourth-order valence-electron chi connectivity index (χ4n) is 2.12. The number of nitrogens with one attached hydrogen (secondary N) is 1. The Hall–Kier alpha value is -1.92.